The van der Waals surface area contributed by atoms with Crippen molar-refractivity contribution in [1.82, 2.24) is 10.0 Å². The minimum atomic E-state index is -3.70. The number of carbonyl (C=O) groups is 1. The SMILES string of the molecule is Cc1ccccc1NC(=O)c1ccc(S(=O)(=O)NC(C)(C)C2CCNCC2)cc1C. The summed E-state index contributed by atoms with van der Waals surface area (Å²) >= 11 is 0. The van der Waals surface area contributed by atoms with Gasteiger partial charge in [-0.05, 0) is 94.9 Å². The van der Waals surface area contributed by atoms with Crippen molar-refractivity contribution in [3.05, 3.63) is 59.2 Å². The van der Waals surface area contributed by atoms with E-state index in [4.69, 9.17) is 0 Å². The van der Waals surface area contributed by atoms with Crippen LogP contribution in [0.25, 0.3) is 0 Å². The summed E-state index contributed by atoms with van der Waals surface area (Å²) in [5.74, 6) is 0.0162. The number of hydrogen-bond donors (Lipinski definition) is 3. The summed E-state index contributed by atoms with van der Waals surface area (Å²) in [4.78, 5) is 12.9. The molecule has 0 aliphatic carbocycles. The number of piperidine rings is 1. The van der Waals surface area contributed by atoms with Crippen LogP contribution in [0.5, 0.6) is 0 Å². The fourth-order valence-corrected chi connectivity index (χ4v) is 5.55. The normalized spacial score (nSPS) is 15.7. The van der Waals surface area contributed by atoms with E-state index >= 15 is 0 Å². The summed E-state index contributed by atoms with van der Waals surface area (Å²) in [5.41, 5.74) is 2.23. The molecule has 7 heteroatoms. The van der Waals surface area contributed by atoms with Crippen LogP contribution in [0.4, 0.5) is 5.69 Å². The Bertz CT molecular complexity index is 1030. The number of anilines is 1. The van der Waals surface area contributed by atoms with Gasteiger partial charge in [0.25, 0.3) is 5.91 Å². The number of rotatable bonds is 6. The third-order valence-corrected chi connectivity index (χ3v) is 7.57. The zero-order valence-corrected chi connectivity index (χ0v) is 18.9. The van der Waals surface area contributed by atoms with Crippen molar-refractivity contribution in [2.45, 2.75) is 51.0 Å². The van der Waals surface area contributed by atoms with Gasteiger partial charge in [0, 0.05) is 16.8 Å². The second-order valence-corrected chi connectivity index (χ2v) is 10.3. The monoisotopic (exact) mass is 429 g/mol. The van der Waals surface area contributed by atoms with E-state index in [2.05, 4.69) is 15.4 Å². The molecule has 162 valence electrons. The van der Waals surface area contributed by atoms with Crippen molar-refractivity contribution >= 4 is 21.6 Å². The largest absolute Gasteiger partial charge is 0.322 e. The Hall–Kier alpha value is -2.22. The van der Waals surface area contributed by atoms with Crippen LogP contribution in [-0.2, 0) is 10.0 Å². The molecule has 2 aromatic carbocycles. The van der Waals surface area contributed by atoms with Gasteiger partial charge < -0.3 is 10.6 Å². The van der Waals surface area contributed by atoms with E-state index in [1.54, 1.807) is 19.1 Å². The Kier molecular flexibility index (Phi) is 6.65. The van der Waals surface area contributed by atoms with E-state index in [9.17, 15) is 13.2 Å². The highest BCUT2D eigenvalue weighted by atomic mass is 32.2. The van der Waals surface area contributed by atoms with E-state index < -0.39 is 15.6 Å². The molecular weight excluding hydrogens is 398 g/mol. The fourth-order valence-electron chi connectivity index (χ4n) is 3.99. The average Bonchev–Trinajstić information content (AvgIpc) is 2.69. The van der Waals surface area contributed by atoms with Gasteiger partial charge in [-0.25, -0.2) is 13.1 Å². The first-order valence-electron chi connectivity index (χ1n) is 10.3. The zero-order valence-electron chi connectivity index (χ0n) is 18.1. The van der Waals surface area contributed by atoms with Gasteiger partial charge in [-0.2, -0.15) is 0 Å². The Labute approximate surface area is 179 Å². The zero-order chi connectivity index (χ0) is 21.9. The number of hydrogen-bond acceptors (Lipinski definition) is 4. The van der Waals surface area contributed by atoms with Crippen LogP contribution in [-0.4, -0.2) is 33.0 Å². The molecule has 1 aliphatic rings. The lowest BCUT2D eigenvalue weighted by atomic mass is 9.82. The molecule has 0 atom stereocenters. The molecule has 0 radical (unpaired) electrons. The van der Waals surface area contributed by atoms with Crippen LogP contribution >= 0.6 is 0 Å². The molecule has 3 N–H and O–H groups in total. The number of carbonyl (C=O) groups excluding carboxylic acids is 1. The second-order valence-electron chi connectivity index (χ2n) is 8.60. The van der Waals surface area contributed by atoms with Crippen LogP contribution < -0.4 is 15.4 Å². The number of para-hydroxylation sites is 1. The highest BCUT2D eigenvalue weighted by molar-refractivity contribution is 7.89. The lowest BCUT2D eigenvalue weighted by Crippen LogP contribution is -2.51. The Morgan fingerprint density at radius 1 is 1.03 bits per heavy atom. The fraction of sp³-hybridized carbons (Fsp3) is 0.435. The van der Waals surface area contributed by atoms with Crippen LogP contribution in [0, 0.1) is 19.8 Å². The molecule has 1 aliphatic heterocycles. The van der Waals surface area contributed by atoms with Crippen molar-refractivity contribution < 1.29 is 13.2 Å². The van der Waals surface area contributed by atoms with Crippen molar-refractivity contribution in [2.75, 3.05) is 18.4 Å². The van der Waals surface area contributed by atoms with Crippen molar-refractivity contribution in [2.24, 2.45) is 5.92 Å². The van der Waals surface area contributed by atoms with Crippen LogP contribution in [0.1, 0.15) is 48.2 Å². The van der Waals surface area contributed by atoms with Gasteiger partial charge in [0.2, 0.25) is 10.0 Å². The van der Waals surface area contributed by atoms with E-state index in [-0.39, 0.29) is 16.7 Å². The molecule has 6 nitrogen and oxygen atoms in total. The predicted molar refractivity (Wildman–Crippen MR) is 120 cm³/mol. The predicted octanol–water partition coefficient (Wildman–Crippen LogP) is 3.61. The molecule has 30 heavy (non-hydrogen) atoms. The maximum Gasteiger partial charge on any atom is 0.255 e. The summed E-state index contributed by atoms with van der Waals surface area (Å²) in [5, 5.41) is 6.21. The summed E-state index contributed by atoms with van der Waals surface area (Å²) in [7, 11) is -3.70. The molecule has 2 aromatic rings. The number of aryl methyl sites for hydroxylation is 2. The smallest absolute Gasteiger partial charge is 0.255 e. The van der Waals surface area contributed by atoms with Crippen molar-refractivity contribution in [1.29, 1.82) is 0 Å². The Morgan fingerprint density at radius 2 is 1.70 bits per heavy atom. The van der Waals surface area contributed by atoms with Gasteiger partial charge in [0.1, 0.15) is 0 Å². The second kappa shape index (κ2) is 8.88. The number of benzene rings is 2. The Balaban J connectivity index is 1.78. The summed E-state index contributed by atoms with van der Waals surface area (Å²) in [6.07, 6.45) is 1.87. The number of amides is 1. The molecule has 1 amide bonds. The van der Waals surface area contributed by atoms with Gasteiger partial charge in [0.05, 0.1) is 4.90 Å². The van der Waals surface area contributed by atoms with Crippen LogP contribution in [0.3, 0.4) is 0 Å². The van der Waals surface area contributed by atoms with Gasteiger partial charge in [-0.15, -0.1) is 0 Å². The first kappa shape index (κ1) is 22.5. The first-order chi connectivity index (χ1) is 14.1. The van der Waals surface area contributed by atoms with Crippen molar-refractivity contribution in [3.63, 3.8) is 0 Å². The third-order valence-electron chi connectivity index (χ3n) is 5.90. The molecular formula is C23H31N3O3S. The molecule has 0 unspecified atom stereocenters. The molecule has 0 bridgehead atoms. The highest BCUT2D eigenvalue weighted by Gasteiger charge is 2.35. The summed E-state index contributed by atoms with van der Waals surface area (Å²) in [6, 6.07) is 12.2. The molecule has 1 heterocycles. The molecule has 1 saturated heterocycles. The Morgan fingerprint density at radius 3 is 2.33 bits per heavy atom. The highest BCUT2D eigenvalue weighted by Crippen LogP contribution is 2.28. The molecule has 1 fully saturated rings. The number of sulfonamides is 1. The van der Waals surface area contributed by atoms with E-state index in [1.165, 1.54) is 6.07 Å². The molecule has 0 spiro atoms. The lowest BCUT2D eigenvalue weighted by Gasteiger charge is -2.37. The lowest BCUT2D eigenvalue weighted by molar-refractivity contribution is 0.102. The van der Waals surface area contributed by atoms with Gasteiger partial charge in [-0.1, -0.05) is 18.2 Å². The quantitative estimate of drug-likeness (QED) is 0.655. The van der Waals surface area contributed by atoms with Gasteiger partial charge >= 0.3 is 0 Å². The van der Waals surface area contributed by atoms with Gasteiger partial charge in [0.15, 0.2) is 0 Å². The minimum absolute atomic E-state index is 0.175. The summed E-state index contributed by atoms with van der Waals surface area (Å²) in [6.45, 7) is 9.37. The molecule has 0 aromatic heterocycles. The van der Waals surface area contributed by atoms with Crippen LogP contribution in [0.15, 0.2) is 47.4 Å². The average molecular weight is 430 g/mol. The number of nitrogens with one attached hydrogen (secondary N) is 3. The van der Waals surface area contributed by atoms with Gasteiger partial charge in [-0.3, -0.25) is 4.79 Å². The molecule has 3 rings (SSSR count). The van der Waals surface area contributed by atoms with Crippen molar-refractivity contribution in [3.8, 4) is 0 Å². The maximum absolute atomic E-state index is 13.0. The van der Waals surface area contributed by atoms with E-state index in [0.717, 1.165) is 37.2 Å². The van der Waals surface area contributed by atoms with E-state index in [1.807, 2.05) is 45.0 Å². The third kappa shape index (κ3) is 5.09. The first-order valence-corrected chi connectivity index (χ1v) is 11.8. The summed E-state index contributed by atoms with van der Waals surface area (Å²) < 4.78 is 29.0. The standard InChI is InChI=1S/C23H31N3O3S/c1-16-7-5-6-8-21(16)25-22(27)20-10-9-19(15-17(20)2)30(28,29)26-23(3,4)18-11-13-24-14-12-18/h5-10,15,18,24,26H,11-14H2,1-4H3,(H,25,27). The topological polar surface area (TPSA) is 87.3 Å². The van der Waals surface area contributed by atoms with Crippen LogP contribution in [0.2, 0.25) is 0 Å². The van der Waals surface area contributed by atoms with E-state index in [0.29, 0.717) is 11.1 Å². The molecule has 0 saturated carbocycles. The maximum atomic E-state index is 13.0. The minimum Gasteiger partial charge on any atom is -0.322 e.